The number of carbonyl (C=O) groups is 2. The first-order valence-corrected chi connectivity index (χ1v) is 9.10. The van der Waals surface area contributed by atoms with Crippen molar-refractivity contribution in [2.45, 2.75) is 44.6 Å². The van der Waals surface area contributed by atoms with Crippen molar-refractivity contribution >= 4 is 11.7 Å². The van der Waals surface area contributed by atoms with Gasteiger partial charge in [-0.1, -0.05) is 6.42 Å². The van der Waals surface area contributed by atoms with E-state index in [9.17, 15) is 9.59 Å². The van der Waals surface area contributed by atoms with Gasteiger partial charge in [-0.15, -0.1) is 0 Å². The molecule has 3 heterocycles. The topological polar surface area (TPSA) is 68.3 Å². The Kier molecular flexibility index (Phi) is 4.42. The fourth-order valence-corrected chi connectivity index (χ4v) is 3.79. The molecule has 0 unspecified atom stereocenters. The monoisotopic (exact) mass is 341 g/mol. The Balaban J connectivity index is 1.36. The highest BCUT2D eigenvalue weighted by Crippen LogP contribution is 2.31. The molecule has 1 saturated heterocycles. The van der Waals surface area contributed by atoms with Gasteiger partial charge in [0.25, 0.3) is 11.7 Å². The molecule has 132 valence electrons. The van der Waals surface area contributed by atoms with Crippen molar-refractivity contribution in [2.75, 3.05) is 13.1 Å². The first kappa shape index (κ1) is 16.1. The van der Waals surface area contributed by atoms with E-state index in [2.05, 4.69) is 15.7 Å². The molecule has 2 aromatic rings. The lowest BCUT2D eigenvalue weighted by molar-refractivity contribution is -0.127. The molecule has 0 atom stereocenters. The SMILES string of the molecule is O=C(C(=O)N1CCC(c2nccn2CC2CCC2)CC1)c1ccco1. The molecule has 0 N–H and O–H groups in total. The molecule has 6 heteroatoms. The van der Waals surface area contributed by atoms with Crippen LogP contribution in [0.2, 0.25) is 0 Å². The second-order valence-electron chi connectivity index (χ2n) is 7.11. The lowest BCUT2D eigenvalue weighted by Crippen LogP contribution is -2.42. The van der Waals surface area contributed by atoms with Crippen LogP contribution in [-0.2, 0) is 11.3 Å². The molecular formula is C19H23N3O3. The quantitative estimate of drug-likeness (QED) is 0.619. The summed E-state index contributed by atoms with van der Waals surface area (Å²) in [7, 11) is 0. The van der Waals surface area contributed by atoms with E-state index >= 15 is 0 Å². The number of nitrogens with zero attached hydrogens (tertiary/aromatic N) is 3. The highest BCUT2D eigenvalue weighted by atomic mass is 16.3. The van der Waals surface area contributed by atoms with Gasteiger partial charge in [0.1, 0.15) is 5.82 Å². The van der Waals surface area contributed by atoms with Crippen LogP contribution in [0.15, 0.2) is 35.2 Å². The minimum atomic E-state index is -0.560. The lowest BCUT2D eigenvalue weighted by atomic mass is 9.85. The predicted molar refractivity (Wildman–Crippen MR) is 91.2 cm³/mol. The van der Waals surface area contributed by atoms with E-state index in [0.29, 0.717) is 19.0 Å². The second kappa shape index (κ2) is 6.86. The minimum absolute atomic E-state index is 0.114. The standard InChI is InChI=1S/C19H23N3O3/c23-17(16-5-2-12-25-16)19(24)21-9-6-15(7-10-21)18-20-8-11-22(18)13-14-3-1-4-14/h2,5,8,11-12,14-15H,1,3-4,6-7,9-10,13H2. The van der Waals surface area contributed by atoms with Crippen LogP contribution in [0.3, 0.4) is 0 Å². The zero-order chi connectivity index (χ0) is 17.2. The van der Waals surface area contributed by atoms with Gasteiger partial charge < -0.3 is 13.9 Å². The number of ketones is 1. The number of Topliss-reactive ketones (excluding diaryl/α,β-unsaturated/α-hetero) is 1. The van der Waals surface area contributed by atoms with Gasteiger partial charge in [-0.3, -0.25) is 9.59 Å². The van der Waals surface area contributed by atoms with E-state index in [4.69, 9.17) is 4.42 Å². The average Bonchev–Trinajstić information content (AvgIpc) is 3.28. The summed E-state index contributed by atoms with van der Waals surface area (Å²) in [6.45, 7) is 2.24. The molecule has 1 amide bonds. The highest BCUT2D eigenvalue weighted by Gasteiger charge is 2.31. The smallest absolute Gasteiger partial charge is 0.298 e. The third-order valence-electron chi connectivity index (χ3n) is 5.51. The summed E-state index contributed by atoms with van der Waals surface area (Å²) in [4.78, 5) is 30.7. The maximum atomic E-state index is 12.3. The van der Waals surface area contributed by atoms with Crippen LogP contribution in [0.1, 0.15) is 54.4 Å². The van der Waals surface area contributed by atoms with Gasteiger partial charge in [-0.25, -0.2) is 4.98 Å². The zero-order valence-corrected chi connectivity index (χ0v) is 14.3. The number of piperidine rings is 1. The third kappa shape index (κ3) is 3.25. The van der Waals surface area contributed by atoms with E-state index in [1.165, 1.54) is 31.6 Å². The van der Waals surface area contributed by atoms with Gasteiger partial charge in [0, 0.05) is 37.9 Å². The molecule has 2 aliphatic rings. The Morgan fingerprint density at radius 3 is 2.64 bits per heavy atom. The number of aromatic nitrogens is 2. The summed E-state index contributed by atoms with van der Waals surface area (Å²) < 4.78 is 7.34. The van der Waals surface area contributed by atoms with Gasteiger partial charge in [-0.2, -0.15) is 0 Å². The molecule has 1 aliphatic carbocycles. The summed E-state index contributed by atoms with van der Waals surface area (Å²) in [6, 6.07) is 3.15. The maximum absolute atomic E-state index is 12.3. The number of imidazole rings is 1. The Hall–Kier alpha value is -2.37. The van der Waals surface area contributed by atoms with E-state index < -0.39 is 11.7 Å². The van der Waals surface area contributed by atoms with E-state index in [1.54, 1.807) is 11.0 Å². The molecule has 0 radical (unpaired) electrons. The Morgan fingerprint density at radius 1 is 1.20 bits per heavy atom. The zero-order valence-electron chi connectivity index (χ0n) is 14.3. The molecule has 2 fully saturated rings. The van der Waals surface area contributed by atoms with Crippen LogP contribution in [0, 0.1) is 5.92 Å². The molecule has 25 heavy (non-hydrogen) atoms. The Morgan fingerprint density at radius 2 is 2.00 bits per heavy atom. The maximum Gasteiger partial charge on any atom is 0.298 e. The van der Waals surface area contributed by atoms with Crippen LogP contribution in [0.25, 0.3) is 0 Å². The van der Waals surface area contributed by atoms with E-state index in [0.717, 1.165) is 31.1 Å². The number of carbonyl (C=O) groups excluding carboxylic acids is 2. The predicted octanol–water partition coefficient (Wildman–Crippen LogP) is 2.87. The molecular weight excluding hydrogens is 318 g/mol. The highest BCUT2D eigenvalue weighted by molar-refractivity contribution is 6.41. The normalized spacial score (nSPS) is 19.0. The van der Waals surface area contributed by atoms with Gasteiger partial charge in [-0.05, 0) is 43.7 Å². The fourth-order valence-electron chi connectivity index (χ4n) is 3.79. The lowest BCUT2D eigenvalue weighted by Gasteiger charge is -2.32. The second-order valence-corrected chi connectivity index (χ2v) is 7.11. The number of hydrogen-bond donors (Lipinski definition) is 0. The molecule has 2 aromatic heterocycles. The van der Waals surface area contributed by atoms with Crippen LogP contribution in [0.4, 0.5) is 0 Å². The van der Waals surface area contributed by atoms with Gasteiger partial charge >= 0.3 is 0 Å². The number of amides is 1. The summed E-state index contributed by atoms with van der Waals surface area (Å²) >= 11 is 0. The first-order chi connectivity index (χ1) is 12.2. The van der Waals surface area contributed by atoms with Crippen molar-refractivity contribution in [1.29, 1.82) is 0 Å². The third-order valence-corrected chi connectivity index (χ3v) is 5.51. The number of likely N-dealkylation sites (tertiary alicyclic amines) is 1. The van der Waals surface area contributed by atoms with Gasteiger partial charge in [0.05, 0.1) is 6.26 Å². The van der Waals surface area contributed by atoms with E-state index in [-0.39, 0.29) is 5.76 Å². The van der Waals surface area contributed by atoms with Crippen molar-refractivity contribution in [3.05, 3.63) is 42.4 Å². The first-order valence-electron chi connectivity index (χ1n) is 9.10. The number of rotatable bonds is 5. The van der Waals surface area contributed by atoms with Crippen LogP contribution >= 0.6 is 0 Å². The van der Waals surface area contributed by atoms with Crippen molar-refractivity contribution in [1.82, 2.24) is 14.5 Å². The van der Waals surface area contributed by atoms with Crippen LogP contribution < -0.4 is 0 Å². The molecule has 4 rings (SSSR count). The summed E-state index contributed by atoms with van der Waals surface area (Å²) in [5, 5.41) is 0. The molecule has 1 saturated carbocycles. The summed E-state index contributed by atoms with van der Waals surface area (Å²) in [6.07, 6.45) is 11.0. The summed E-state index contributed by atoms with van der Waals surface area (Å²) in [5.74, 6) is 1.37. The van der Waals surface area contributed by atoms with Crippen LogP contribution in [-0.4, -0.2) is 39.2 Å². The molecule has 6 nitrogen and oxygen atoms in total. The van der Waals surface area contributed by atoms with Gasteiger partial charge in [0.15, 0.2) is 5.76 Å². The van der Waals surface area contributed by atoms with Crippen molar-refractivity contribution in [3.63, 3.8) is 0 Å². The molecule has 0 aromatic carbocycles. The van der Waals surface area contributed by atoms with Crippen molar-refractivity contribution in [2.24, 2.45) is 5.92 Å². The number of furan rings is 1. The molecule has 0 bridgehead atoms. The van der Waals surface area contributed by atoms with Gasteiger partial charge in [0.2, 0.25) is 0 Å². The largest absolute Gasteiger partial charge is 0.461 e. The number of hydrogen-bond acceptors (Lipinski definition) is 4. The molecule has 1 aliphatic heterocycles. The average molecular weight is 341 g/mol. The van der Waals surface area contributed by atoms with E-state index in [1.807, 2.05) is 6.20 Å². The van der Waals surface area contributed by atoms with Crippen molar-refractivity contribution < 1.29 is 14.0 Å². The molecule has 0 spiro atoms. The minimum Gasteiger partial charge on any atom is -0.461 e. The van der Waals surface area contributed by atoms with Crippen molar-refractivity contribution in [3.8, 4) is 0 Å². The van der Waals surface area contributed by atoms with Crippen LogP contribution in [0.5, 0.6) is 0 Å². The Labute approximate surface area is 146 Å². The fraction of sp³-hybridized carbons (Fsp3) is 0.526. The summed E-state index contributed by atoms with van der Waals surface area (Å²) in [5.41, 5.74) is 0. The Bertz CT molecular complexity index is 738.